The van der Waals surface area contributed by atoms with Crippen molar-refractivity contribution >= 4 is 35.3 Å². The van der Waals surface area contributed by atoms with Crippen molar-refractivity contribution in [2.24, 2.45) is 0 Å². The Morgan fingerprint density at radius 3 is 0.431 bits per heavy atom. The molecule has 65 heavy (non-hydrogen) atoms. The van der Waals surface area contributed by atoms with Crippen LogP contribution in [0.15, 0.2) is 0 Å². The van der Waals surface area contributed by atoms with Gasteiger partial charge in [0.15, 0.2) is 0 Å². The van der Waals surface area contributed by atoms with Crippen molar-refractivity contribution in [2.75, 3.05) is 21.1 Å². The summed E-state index contributed by atoms with van der Waals surface area (Å²) in [7, 11) is 6.00. The SMILES string of the molecule is CCCCCCCCCCCCCCCCCC(=O)[O-].CCCCCCCCCCCCCCCCCC(=O)[O-].CCCCCCCCCCCCCCCCCC(=O)[O-].CN(C)C.[Al+3]. The zero-order valence-electron chi connectivity index (χ0n) is 44.9. The van der Waals surface area contributed by atoms with Gasteiger partial charge in [-0.25, -0.2) is 0 Å². The van der Waals surface area contributed by atoms with Crippen LogP contribution in [0.4, 0.5) is 0 Å². The molecule has 0 fully saturated rings. The number of rotatable bonds is 48. The number of unbranched alkanes of at least 4 members (excludes halogenated alkanes) is 42. The van der Waals surface area contributed by atoms with Crippen molar-refractivity contribution in [2.45, 2.75) is 329 Å². The maximum atomic E-state index is 10.2. The van der Waals surface area contributed by atoms with Gasteiger partial charge in [-0.3, -0.25) is 0 Å². The Morgan fingerprint density at radius 2 is 0.338 bits per heavy atom. The molecule has 386 valence electrons. The maximum absolute atomic E-state index is 10.2. The number of hydrogen-bond donors (Lipinski definition) is 0. The molecule has 0 saturated carbocycles. The summed E-state index contributed by atoms with van der Waals surface area (Å²) >= 11 is 0. The van der Waals surface area contributed by atoms with Crippen molar-refractivity contribution in [1.29, 1.82) is 0 Å². The summed E-state index contributed by atoms with van der Waals surface area (Å²) in [6.45, 7) is 6.80. The number of carbonyl (C=O) groups excluding carboxylic acids is 3. The minimum atomic E-state index is -0.903. The minimum absolute atomic E-state index is 0. The Labute approximate surface area is 418 Å². The van der Waals surface area contributed by atoms with Crippen LogP contribution in [0.5, 0.6) is 0 Å². The minimum Gasteiger partial charge on any atom is -0.550 e. The quantitative estimate of drug-likeness (QED) is 0.0439. The monoisotopic (exact) mass is 936 g/mol. The van der Waals surface area contributed by atoms with Crippen molar-refractivity contribution in [3.63, 3.8) is 0 Å². The van der Waals surface area contributed by atoms with E-state index in [0.29, 0.717) is 0 Å². The van der Waals surface area contributed by atoms with Crippen LogP contribution in [0.1, 0.15) is 329 Å². The third-order valence-electron chi connectivity index (χ3n) is 12.0. The van der Waals surface area contributed by atoms with Crippen LogP contribution in [0.25, 0.3) is 0 Å². The van der Waals surface area contributed by atoms with E-state index in [1.54, 1.807) is 0 Å². The fourth-order valence-corrected chi connectivity index (χ4v) is 7.92. The van der Waals surface area contributed by atoms with Gasteiger partial charge < -0.3 is 34.6 Å². The van der Waals surface area contributed by atoms with E-state index < -0.39 is 17.9 Å². The molecule has 0 aliphatic heterocycles. The smallest absolute Gasteiger partial charge is 0.550 e. The number of carbonyl (C=O) groups is 3. The van der Waals surface area contributed by atoms with E-state index in [1.165, 1.54) is 250 Å². The molecule has 0 radical (unpaired) electrons. The molecule has 0 heterocycles. The number of carboxylic acid groups (broad SMARTS) is 3. The van der Waals surface area contributed by atoms with Crippen LogP contribution < -0.4 is 15.3 Å². The largest absolute Gasteiger partial charge is 3.00 e. The topological polar surface area (TPSA) is 124 Å². The Balaban J connectivity index is -0.000000263. The van der Waals surface area contributed by atoms with Gasteiger partial charge in [-0.1, -0.05) is 290 Å². The molecule has 0 aromatic heterocycles. The van der Waals surface area contributed by atoms with Gasteiger partial charge in [0.1, 0.15) is 0 Å². The van der Waals surface area contributed by atoms with Gasteiger partial charge in [0, 0.05) is 17.9 Å². The van der Waals surface area contributed by atoms with Crippen LogP contribution >= 0.6 is 0 Å². The molecule has 0 saturated heterocycles. The number of aliphatic carboxylic acids is 3. The molecule has 0 rings (SSSR count). The zero-order chi connectivity index (χ0) is 48.3. The molecule has 0 atom stereocenters. The van der Waals surface area contributed by atoms with E-state index in [4.69, 9.17) is 0 Å². The molecule has 0 unspecified atom stereocenters. The Hall–Kier alpha value is -1.10. The van der Waals surface area contributed by atoms with E-state index in [9.17, 15) is 29.7 Å². The second-order valence-corrected chi connectivity index (χ2v) is 19.6. The molecule has 0 aliphatic carbocycles. The Morgan fingerprint density at radius 1 is 0.246 bits per heavy atom. The van der Waals surface area contributed by atoms with Crippen molar-refractivity contribution in [1.82, 2.24) is 4.90 Å². The number of hydrogen-bond acceptors (Lipinski definition) is 7. The second-order valence-electron chi connectivity index (χ2n) is 19.6. The maximum Gasteiger partial charge on any atom is 3.00 e. The fraction of sp³-hybridized carbons (Fsp3) is 0.947. The molecule has 0 aromatic rings. The molecule has 0 aliphatic rings. The first-order valence-electron chi connectivity index (χ1n) is 28.2. The molecule has 0 aromatic carbocycles. The van der Waals surface area contributed by atoms with Crippen LogP contribution in [-0.2, 0) is 14.4 Å². The van der Waals surface area contributed by atoms with Crippen molar-refractivity contribution in [3.05, 3.63) is 0 Å². The first-order valence-corrected chi connectivity index (χ1v) is 28.2. The molecule has 7 nitrogen and oxygen atoms in total. The van der Waals surface area contributed by atoms with Crippen molar-refractivity contribution in [3.8, 4) is 0 Å². The Bertz CT molecular complexity index is 765. The molecule has 0 N–H and O–H groups in total. The molecule has 0 bridgehead atoms. The van der Waals surface area contributed by atoms with Crippen molar-refractivity contribution < 1.29 is 29.7 Å². The van der Waals surface area contributed by atoms with Gasteiger partial charge in [-0.05, 0) is 59.7 Å². The second kappa shape index (κ2) is 69.5. The zero-order valence-corrected chi connectivity index (χ0v) is 46.1. The van der Waals surface area contributed by atoms with E-state index >= 15 is 0 Å². The number of nitrogens with zero attached hydrogens (tertiary/aromatic N) is 1. The summed E-state index contributed by atoms with van der Waals surface area (Å²) in [4.78, 5) is 32.7. The summed E-state index contributed by atoms with van der Waals surface area (Å²) in [6.07, 6.45) is 59.6. The van der Waals surface area contributed by atoms with Crippen LogP contribution in [0.3, 0.4) is 0 Å². The van der Waals surface area contributed by atoms with Crippen LogP contribution in [0, 0.1) is 0 Å². The van der Waals surface area contributed by atoms with Gasteiger partial charge in [-0.2, -0.15) is 0 Å². The summed E-state index contributed by atoms with van der Waals surface area (Å²) in [6, 6.07) is 0. The number of carboxylic acids is 3. The normalized spacial score (nSPS) is 10.6. The van der Waals surface area contributed by atoms with E-state index in [-0.39, 0.29) is 36.6 Å². The summed E-state index contributed by atoms with van der Waals surface area (Å²) < 4.78 is 0. The Kier molecular flexibility index (Phi) is 77.9. The summed E-state index contributed by atoms with van der Waals surface area (Å²) in [5, 5.41) is 30.7. The summed E-state index contributed by atoms with van der Waals surface area (Å²) in [5.74, 6) is -2.71. The molecular weight excluding hydrogens is 822 g/mol. The molecule has 0 spiro atoms. The van der Waals surface area contributed by atoms with Gasteiger partial charge in [0.2, 0.25) is 0 Å². The third-order valence-corrected chi connectivity index (χ3v) is 12.0. The molecular formula is C57H114AlNO6. The van der Waals surface area contributed by atoms with Crippen LogP contribution in [0.2, 0.25) is 0 Å². The third kappa shape index (κ3) is 93.7. The first kappa shape index (κ1) is 72.9. The van der Waals surface area contributed by atoms with Crippen LogP contribution in [-0.4, -0.2) is 61.3 Å². The average Bonchev–Trinajstić information content (AvgIpc) is 3.25. The van der Waals surface area contributed by atoms with E-state index in [0.717, 1.165) is 38.5 Å². The molecule has 0 amide bonds. The molecule has 8 heteroatoms. The predicted molar refractivity (Wildman–Crippen MR) is 279 cm³/mol. The first-order chi connectivity index (χ1) is 31.0. The van der Waals surface area contributed by atoms with Gasteiger partial charge >= 0.3 is 17.4 Å². The van der Waals surface area contributed by atoms with E-state index in [1.807, 2.05) is 26.0 Å². The predicted octanol–water partition coefficient (Wildman–Crippen LogP) is 14.8. The standard InChI is InChI=1S/3C18H36O2.C3H9N.Al/c3*1-2-3-4-5-6-7-8-9-10-11-12-13-14-15-16-17-18(19)20;1-4(2)3;/h3*2-17H2,1H3,(H,19,20);1-3H3;/q;;;;+3/p-3. The fourth-order valence-electron chi connectivity index (χ4n) is 7.92. The summed E-state index contributed by atoms with van der Waals surface area (Å²) in [5.41, 5.74) is 0. The average molecular weight is 937 g/mol. The van der Waals surface area contributed by atoms with Gasteiger partial charge in [0.25, 0.3) is 0 Å². The van der Waals surface area contributed by atoms with Gasteiger partial charge in [-0.15, -0.1) is 0 Å². The van der Waals surface area contributed by atoms with E-state index in [2.05, 4.69) is 20.8 Å². The van der Waals surface area contributed by atoms with Gasteiger partial charge in [0.05, 0.1) is 0 Å².